The molecule has 1 aliphatic heterocycles. The van der Waals surface area contributed by atoms with Crippen LogP contribution >= 0.6 is 0 Å². The molecule has 0 radical (unpaired) electrons. The fourth-order valence-corrected chi connectivity index (χ4v) is 3.83. The summed E-state index contributed by atoms with van der Waals surface area (Å²) in [6, 6.07) is 7.00. The Labute approximate surface area is 115 Å². The highest BCUT2D eigenvalue weighted by Gasteiger charge is 2.26. The molecule has 0 spiro atoms. The molecule has 2 rings (SSSR count). The maximum atomic E-state index is 12.3. The maximum absolute atomic E-state index is 12.3. The third kappa shape index (κ3) is 3.46. The lowest BCUT2D eigenvalue weighted by atomic mass is 10.1. The van der Waals surface area contributed by atoms with Crippen molar-refractivity contribution in [2.24, 2.45) is 0 Å². The Bertz CT molecular complexity index is 524. The van der Waals surface area contributed by atoms with Crippen LogP contribution in [0.1, 0.15) is 37.8 Å². The summed E-state index contributed by atoms with van der Waals surface area (Å²) in [5.74, 6) is 0. The first-order valence-corrected chi connectivity index (χ1v) is 8.06. The van der Waals surface area contributed by atoms with Gasteiger partial charge in [-0.1, -0.05) is 24.6 Å². The van der Waals surface area contributed by atoms with Crippen LogP contribution in [0.3, 0.4) is 0 Å². The van der Waals surface area contributed by atoms with Crippen LogP contribution in [0.4, 0.5) is 5.69 Å². The first-order valence-electron chi connectivity index (χ1n) is 6.62. The molecule has 0 amide bonds. The summed E-state index contributed by atoms with van der Waals surface area (Å²) < 4.78 is 28.7. The van der Waals surface area contributed by atoms with Crippen LogP contribution in [-0.2, 0) is 10.2 Å². The van der Waals surface area contributed by atoms with Gasteiger partial charge in [0.05, 0.1) is 0 Å². The fourth-order valence-electron chi connectivity index (χ4n) is 2.37. The zero-order valence-electron chi connectivity index (χ0n) is 11.2. The second kappa shape index (κ2) is 5.90. The highest BCUT2D eigenvalue weighted by atomic mass is 32.2. The van der Waals surface area contributed by atoms with Gasteiger partial charge >= 0.3 is 0 Å². The van der Waals surface area contributed by atoms with Gasteiger partial charge in [0.25, 0.3) is 10.2 Å². The van der Waals surface area contributed by atoms with Crippen molar-refractivity contribution < 1.29 is 8.42 Å². The van der Waals surface area contributed by atoms with Crippen molar-refractivity contribution in [3.05, 3.63) is 29.8 Å². The summed E-state index contributed by atoms with van der Waals surface area (Å²) in [4.78, 5) is 0. The Morgan fingerprint density at radius 1 is 1.21 bits per heavy atom. The predicted molar refractivity (Wildman–Crippen MR) is 76.7 cm³/mol. The largest absolute Gasteiger partial charge is 0.398 e. The standard InChI is InChI=1S/C13H21N3O2S/c1-11(12-7-3-4-8-13(12)14)15-19(17,18)16-9-5-2-6-10-16/h3-4,7-8,11,15H,2,5-6,9-10,14H2,1H3. The quantitative estimate of drug-likeness (QED) is 0.825. The summed E-state index contributed by atoms with van der Waals surface area (Å²) in [6.07, 6.45) is 2.97. The van der Waals surface area contributed by atoms with E-state index < -0.39 is 10.2 Å². The molecule has 106 valence electrons. The van der Waals surface area contributed by atoms with Gasteiger partial charge in [0.1, 0.15) is 0 Å². The molecule has 0 aliphatic carbocycles. The Morgan fingerprint density at radius 2 is 1.84 bits per heavy atom. The second-order valence-corrected chi connectivity index (χ2v) is 6.64. The average Bonchev–Trinajstić information content (AvgIpc) is 2.39. The molecule has 1 aromatic carbocycles. The number of nitrogens with one attached hydrogen (secondary N) is 1. The first-order chi connectivity index (χ1) is 9.00. The lowest BCUT2D eigenvalue weighted by Crippen LogP contribution is -2.44. The number of hydrogen-bond donors (Lipinski definition) is 2. The topological polar surface area (TPSA) is 75.4 Å². The van der Waals surface area contributed by atoms with E-state index >= 15 is 0 Å². The van der Waals surface area contributed by atoms with Gasteiger partial charge in [-0.05, 0) is 31.4 Å². The van der Waals surface area contributed by atoms with Crippen molar-refractivity contribution >= 4 is 15.9 Å². The van der Waals surface area contributed by atoms with Gasteiger partial charge in [0.2, 0.25) is 0 Å². The summed E-state index contributed by atoms with van der Waals surface area (Å²) in [5, 5.41) is 0. The van der Waals surface area contributed by atoms with E-state index in [4.69, 9.17) is 5.73 Å². The summed E-state index contributed by atoms with van der Waals surface area (Å²) in [6.45, 7) is 3.02. The third-order valence-electron chi connectivity index (χ3n) is 3.44. The molecule has 1 fully saturated rings. The lowest BCUT2D eigenvalue weighted by Gasteiger charge is -2.28. The monoisotopic (exact) mass is 283 g/mol. The average molecular weight is 283 g/mol. The Kier molecular flexibility index (Phi) is 4.44. The molecule has 1 atom stereocenters. The number of rotatable bonds is 4. The minimum atomic E-state index is -3.42. The van der Waals surface area contributed by atoms with Crippen LogP contribution in [0.25, 0.3) is 0 Å². The molecular weight excluding hydrogens is 262 g/mol. The highest BCUT2D eigenvalue weighted by Crippen LogP contribution is 2.21. The number of para-hydroxylation sites is 1. The van der Waals surface area contributed by atoms with Gasteiger partial charge in [-0.25, -0.2) is 0 Å². The molecule has 5 nitrogen and oxygen atoms in total. The lowest BCUT2D eigenvalue weighted by molar-refractivity contribution is 0.339. The molecule has 1 heterocycles. The molecule has 1 aromatic rings. The van der Waals surface area contributed by atoms with Crippen LogP contribution in [0.15, 0.2) is 24.3 Å². The molecule has 19 heavy (non-hydrogen) atoms. The minimum Gasteiger partial charge on any atom is -0.398 e. The Hall–Kier alpha value is -1.11. The number of nitrogens with zero attached hydrogens (tertiary/aromatic N) is 1. The molecule has 0 bridgehead atoms. The molecule has 1 unspecified atom stereocenters. The molecule has 3 N–H and O–H groups in total. The zero-order valence-corrected chi connectivity index (χ0v) is 12.0. The van der Waals surface area contributed by atoms with Gasteiger partial charge in [-0.15, -0.1) is 0 Å². The summed E-state index contributed by atoms with van der Waals surface area (Å²) in [5.41, 5.74) is 7.29. The van der Waals surface area contributed by atoms with E-state index in [1.807, 2.05) is 25.1 Å². The van der Waals surface area contributed by atoms with E-state index in [2.05, 4.69) is 4.72 Å². The van der Waals surface area contributed by atoms with E-state index in [0.29, 0.717) is 18.8 Å². The van der Waals surface area contributed by atoms with Crippen molar-refractivity contribution in [1.29, 1.82) is 0 Å². The minimum absolute atomic E-state index is 0.326. The van der Waals surface area contributed by atoms with Crippen molar-refractivity contribution in [2.75, 3.05) is 18.8 Å². The van der Waals surface area contributed by atoms with Crippen molar-refractivity contribution in [3.8, 4) is 0 Å². The van der Waals surface area contributed by atoms with Crippen LogP contribution in [0, 0.1) is 0 Å². The molecule has 0 saturated carbocycles. The highest BCUT2D eigenvalue weighted by molar-refractivity contribution is 7.87. The van der Waals surface area contributed by atoms with E-state index in [9.17, 15) is 8.42 Å². The number of piperidine rings is 1. The number of nitrogen functional groups attached to an aromatic ring is 1. The number of anilines is 1. The smallest absolute Gasteiger partial charge is 0.279 e. The van der Waals surface area contributed by atoms with Crippen molar-refractivity contribution in [3.63, 3.8) is 0 Å². The maximum Gasteiger partial charge on any atom is 0.279 e. The number of nitrogens with two attached hydrogens (primary N) is 1. The van der Waals surface area contributed by atoms with Crippen LogP contribution < -0.4 is 10.5 Å². The Morgan fingerprint density at radius 3 is 2.47 bits per heavy atom. The molecule has 1 aliphatic rings. The zero-order chi connectivity index (χ0) is 13.9. The van der Waals surface area contributed by atoms with Gasteiger partial charge in [0, 0.05) is 24.8 Å². The molecule has 6 heteroatoms. The van der Waals surface area contributed by atoms with Gasteiger partial charge in [-0.2, -0.15) is 17.4 Å². The van der Waals surface area contributed by atoms with Crippen LogP contribution in [0.5, 0.6) is 0 Å². The van der Waals surface area contributed by atoms with Crippen molar-refractivity contribution in [2.45, 2.75) is 32.2 Å². The van der Waals surface area contributed by atoms with Gasteiger partial charge in [0.15, 0.2) is 0 Å². The van der Waals surface area contributed by atoms with E-state index in [0.717, 1.165) is 24.8 Å². The second-order valence-electron chi connectivity index (χ2n) is 4.93. The van der Waals surface area contributed by atoms with Gasteiger partial charge < -0.3 is 5.73 Å². The van der Waals surface area contributed by atoms with Crippen LogP contribution in [-0.4, -0.2) is 25.8 Å². The normalized spacial score (nSPS) is 19.2. The SMILES string of the molecule is CC(NS(=O)(=O)N1CCCCC1)c1ccccc1N. The van der Waals surface area contributed by atoms with E-state index in [1.54, 1.807) is 6.07 Å². The summed E-state index contributed by atoms with van der Waals surface area (Å²) >= 11 is 0. The van der Waals surface area contributed by atoms with Crippen molar-refractivity contribution in [1.82, 2.24) is 9.03 Å². The van der Waals surface area contributed by atoms with E-state index in [1.165, 1.54) is 4.31 Å². The number of hydrogen-bond acceptors (Lipinski definition) is 3. The summed E-state index contributed by atoms with van der Waals surface area (Å²) in [7, 11) is -3.42. The molecular formula is C13H21N3O2S. The van der Waals surface area contributed by atoms with E-state index in [-0.39, 0.29) is 6.04 Å². The molecule has 0 aromatic heterocycles. The molecule has 1 saturated heterocycles. The van der Waals surface area contributed by atoms with Gasteiger partial charge in [-0.3, -0.25) is 0 Å². The number of benzene rings is 1. The predicted octanol–water partition coefficient (Wildman–Crippen LogP) is 1.65. The first kappa shape index (κ1) is 14.3. The van der Waals surface area contributed by atoms with Crippen LogP contribution in [0.2, 0.25) is 0 Å². The third-order valence-corrected chi connectivity index (χ3v) is 5.14. The Balaban J connectivity index is 2.09. The fraction of sp³-hybridized carbons (Fsp3) is 0.538.